The Morgan fingerprint density at radius 2 is 1.08 bits per heavy atom. The normalized spacial score (nSPS) is 13.1. The van der Waals surface area contributed by atoms with Gasteiger partial charge in [-0.2, -0.15) is 0 Å². The standard InChI is InChI=1S/C35H60N2/c1-3-5-7-9-11-12-13-14-15-17-19-24-28-35(37-30-29-36-32-37)34(31-33-25-21-20-22-26-33)27-23-18-16-10-8-6-4-2/h20-22,25-26,29-30,32,34-35H,3-19,23-24,27-28,31H2,1-2H3/p+1. The molecule has 2 aromatic rings. The second-order valence-electron chi connectivity index (χ2n) is 11.7. The number of nitrogens with zero attached hydrogens (tertiary/aromatic N) is 1. The fourth-order valence-electron chi connectivity index (χ4n) is 6.04. The Balaban J connectivity index is 1.77. The van der Waals surface area contributed by atoms with Gasteiger partial charge in [0.25, 0.3) is 0 Å². The SMILES string of the molecule is CCCCCCCCCCCCCCC(C(CCCCCCCCC)Cc1ccccc1)[n+]1cc[nH]c1. The summed E-state index contributed by atoms with van der Waals surface area (Å²) in [5, 5.41) is 0. The first-order valence-electron chi connectivity index (χ1n) is 16.4. The Hall–Kier alpha value is -1.57. The Kier molecular flexibility index (Phi) is 19.2. The van der Waals surface area contributed by atoms with Crippen molar-refractivity contribution in [2.75, 3.05) is 0 Å². The number of hydrogen-bond donors (Lipinski definition) is 1. The van der Waals surface area contributed by atoms with Crippen LogP contribution in [0.4, 0.5) is 0 Å². The molecule has 0 fully saturated rings. The highest BCUT2D eigenvalue weighted by atomic mass is 15.1. The van der Waals surface area contributed by atoms with Gasteiger partial charge in [0, 0.05) is 5.92 Å². The molecule has 0 spiro atoms. The van der Waals surface area contributed by atoms with Gasteiger partial charge in [0.15, 0.2) is 0 Å². The molecule has 0 radical (unpaired) electrons. The third-order valence-corrected chi connectivity index (χ3v) is 8.37. The summed E-state index contributed by atoms with van der Waals surface area (Å²) < 4.78 is 2.49. The topological polar surface area (TPSA) is 19.7 Å². The number of aromatic nitrogens is 2. The van der Waals surface area contributed by atoms with Gasteiger partial charge in [-0.25, -0.2) is 4.57 Å². The minimum atomic E-state index is 0.606. The molecule has 2 atom stereocenters. The van der Waals surface area contributed by atoms with E-state index in [-0.39, 0.29) is 0 Å². The van der Waals surface area contributed by atoms with Gasteiger partial charge in [0.05, 0.1) is 0 Å². The van der Waals surface area contributed by atoms with Crippen LogP contribution in [-0.4, -0.2) is 4.98 Å². The van der Waals surface area contributed by atoms with E-state index in [9.17, 15) is 0 Å². The van der Waals surface area contributed by atoms with Crippen LogP contribution < -0.4 is 4.57 Å². The van der Waals surface area contributed by atoms with Crippen LogP contribution in [0.1, 0.15) is 160 Å². The van der Waals surface area contributed by atoms with E-state index in [1.165, 1.54) is 147 Å². The molecule has 2 rings (SSSR count). The summed E-state index contributed by atoms with van der Waals surface area (Å²) in [5.74, 6) is 0.714. The average Bonchev–Trinajstić information content (AvgIpc) is 3.46. The minimum absolute atomic E-state index is 0.606. The van der Waals surface area contributed by atoms with Gasteiger partial charge in [0.2, 0.25) is 6.33 Å². The van der Waals surface area contributed by atoms with E-state index in [0.717, 1.165) is 0 Å². The smallest absolute Gasteiger partial charge is 0.241 e. The summed E-state index contributed by atoms with van der Waals surface area (Å²) in [6, 6.07) is 11.9. The number of benzene rings is 1. The van der Waals surface area contributed by atoms with E-state index in [0.29, 0.717) is 12.0 Å². The van der Waals surface area contributed by atoms with E-state index >= 15 is 0 Å². The fourth-order valence-corrected chi connectivity index (χ4v) is 6.04. The molecule has 0 saturated heterocycles. The van der Waals surface area contributed by atoms with Crippen LogP contribution in [0.2, 0.25) is 0 Å². The number of unbranched alkanes of at least 4 members (excludes halogenated alkanes) is 17. The fraction of sp³-hybridized carbons (Fsp3) is 0.743. The zero-order valence-electron chi connectivity index (χ0n) is 24.8. The Morgan fingerprint density at radius 1 is 0.595 bits per heavy atom. The maximum Gasteiger partial charge on any atom is 0.241 e. The quantitative estimate of drug-likeness (QED) is 0.101. The van der Waals surface area contributed by atoms with Gasteiger partial charge in [-0.1, -0.05) is 160 Å². The third kappa shape index (κ3) is 15.4. The highest BCUT2D eigenvalue weighted by molar-refractivity contribution is 5.15. The first kappa shape index (κ1) is 31.6. The van der Waals surface area contributed by atoms with Crippen LogP contribution in [0.3, 0.4) is 0 Å². The van der Waals surface area contributed by atoms with Crippen molar-refractivity contribution in [3.63, 3.8) is 0 Å². The van der Waals surface area contributed by atoms with Crippen molar-refractivity contribution in [1.29, 1.82) is 0 Å². The Morgan fingerprint density at radius 3 is 1.57 bits per heavy atom. The van der Waals surface area contributed by atoms with E-state index in [2.05, 4.69) is 72.5 Å². The molecule has 1 N–H and O–H groups in total. The van der Waals surface area contributed by atoms with Crippen molar-refractivity contribution in [3.8, 4) is 0 Å². The average molecular weight is 510 g/mol. The Labute approximate surface area is 231 Å². The first-order valence-corrected chi connectivity index (χ1v) is 16.4. The van der Waals surface area contributed by atoms with E-state index in [1.54, 1.807) is 0 Å². The lowest BCUT2D eigenvalue weighted by Gasteiger charge is -2.25. The van der Waals surface area contributed by atoms with Crippen LogP contribution in [0, 0.1) is 5.92 Å². The van der Waals surface area contributed by atoms with Gasteiger partial charge in [-0.05, 0) is 31.2 Å². The molecule has 0 bridgehead atoms. The number of nitrogens with one attached hydrogen (secondary N) is 1. The molecular formula is C35H61N2+. The van der Waals surface area contributed by atoms with E-state index < -0.39 is 0 Å². The molecule has 0 amide bonds. The minimum Gasteiger partial charge on any atom is -0.250 e. The molecule has 0 aliphatic heterocycles. The number of hydrogen-bond acceptors (Lipinski definition) is 0. The zero-order valence-corrected chi connectivity index (χ0v) is 24.8. The lowest BCUT2D eigenvalue weighted by molar-refractivity contribution is -0.730. The monoisotopic (exact) mass is 509 g/mol. The maximum atomic E-state index is 3.33. The number of aromatic amines is 1. The van der Waals surface area contributed by atoms with Crippen LogP contribution in [0.25, 0.3) is 0 Å². The van der Waals surface area contributed by atoms with Gasteiger partial charge < -0.3 is 0 Å². The molecule has 2 heteroatoms. The molecule has 0 aliphatic carbocycles. The van der Waals surface area contributed by atoms with Crippen molar-refractivity contribution in [2.45, 2.75) is 161 Å². The molecular weight excluding hydrogens is 448 g/mol. The summed E-state index contributed by atoms with van der Waals surface area (Å²) in [4.78, 5) is 3.33. The molecule has 2 nitrogen and oxygen atoms in total. The van der Waals surface area contributed by atoms with Crippen LogP contribution in [0.5, 0.6) is 0 Å². The third-order valence-electron chi connectivity index (χ3n) is 8.37. The zero-order chi connectivity index (χ0) is 26.2. The summed E-state index contributed by atoms with van der Waals surface area (Å²) in [7, 11) is 0. The summed E-state index contributed by atoms with van der Waals surface area (Å²) in [5.41, 5.74) is 1.51. The molecule has 2 unspecified atom stereocenters. The van der Waals surface area contributed by atoms with Crippen molar-refractivity contribution >= 4 is 0 Å². The van der Waals surface area contributed by atoms with Gasteiger partial charge in [-0.15, -0.1) is 0 Å². The molecule has 1 heterocycles. The highest BCUT2D eigenvalue weighted by Gasteiger charge is 2.26. The van der Waals surface area contributed by atoms with E-state index in [4.69, 9.17) is 0 Å². The molecule has 1 aromatic heterocycles. The summed E-state index contributed by atoms with van der Waals surface area (Å²) >= 11 is 0. The second-order valence-corrected chi connectivity index (χ2v) is 11.7. The van der Waals surface area contributed by atoms with Gasteiger partial charge >= 0.3 is 0 Å². The molecule has 0 saturated carbocycles. The largest absolute Gasteiger partial charge is 0.250 e. The molecule has 1 aromatic carbocycles. The molecule has 210 valence electrons. The van der Waals surface area contributed by atoms with Gasteiger partial charge in [-0.3, -0.25) is 4.98 Å². The first-order chi connectivity index (χ1) is 18.3. The predicted molar refractivity (Wildman–Crippen MR) is 162 cm³/mol. The van der Waals surface area contributed by atoms with Crippen LogP contribution in [0.15, 0.2) is 49.1 Å². The van der Waals surface area contributed by atoms with Crippen molar-refractivity contribution in [2.24, 2.45) is 5.92 Å². The number of rotatable bonds is 25. The van der Waals surface area contributed by atoms with E-state index in [1.807, 2.05) is 0 Å². The summed E-state index contributed by atoms with van der Waals surface area (Å²) in [6.45, 7) is 4.61. The highest BCUT2D eigenvalue weighted by Crippen LogP contribution is 2.29. The predicted octanol–water partition coefficient (Wildman–Crippen LogP) is 10.9. The second kappa shape index (κ2) is 22.4. The van der Waals surface area contributed by atoms with Crippen LogP contribution >= 0.6 is 0 Å². The summed E-state index contributed by atoms with van der Waals surface area (Å²) in [6.07, 6.45) is 37.3. The lowest BCUT2D eigenvalue weighted by atomic mass is 9.84. The maximum absolute atomic E-state index is 3.33. The molecule has 0 aliphatic rings. The van der Waals surface area contributed by atoms with Crippen LogP contribution in [-0.2, 0) is 6.42 Å². The lowest BCUT2D eigenvalue weighted by Crippen LogP contribution is -2.42. The van der Waals surface area contributed by atoms with Crippen molar-refractivity contribution in [1.82, 2.24) is 4.98 Å². The molecule has 37 heavy (non-hydrogen) atoms. The van der Waals surface area contributed by atoms with Gasteiger partial charge in [0.1, 0.15) is 18.4 Å². The number of H-pyrrole nitrogens is 1. The number of imidazole rings is 1. The van der Waals surface area contributed by atoms with Crippen molar-refractivity contribution < 1.29 is 4.57 Å². The Bertz CT molecular complexity index is 708. The van der Waals surface area contributed by atoms with Crippen molar-refractivity contribution in [3.05, 3.63) is 54.6 Å².